The standard InChI is InChI=1S/C50H46N4/c1-49(2)26-27-50(3,4)44-32-37(23-24-43(44)49)38-29-39(41-25-28-51-45-18-12-11-17-42(41)45)31-40(30-38)48-53-46(35-15-9-6-10-16-35)52-47(54-48)36-21-19-34(20-22-36)33-13-7-5-8-14-33/h5,7-9,11-22,24-25,28-32,37H,6,10,23,26-27H2,1-4H3. The van der Waals surface area contributed by atoms with E-state index >= 15 is 0 Å². The fraction of sp³-hybridized carbons (Fsp3) is 0.240. The lowest BCUT2D eigenvalue weighted by Crippen LogP contribution is -2.33. The molecule has 3 aliphatic carbocycles. The minimum absolute atomic E-state index is 0.136. The van der Waals surface area contributed by atoms with Crippen LogP contribution in [0.3, 0.4) is 0 Å². The van der Waals surface area contributed by atoms with Gasteiger partial charge in [-0.3, -0.25) is 4.98 Å². The molecule has 4 heteroatoms. The second-order valence-electron chi connectivity index (χ2n) is 16.4. The third-order valence-electron chi connectivity index (χ3n) is 11.8. The molecule has 0 N–H and O–H groups in total. The predicted octanol–water partition coefficient (Wildman–Crippen LogP) is 13.0. The Morgan fingerprint density at radius 1 is 0.574 bits per heavy atom. The summed E-state index contributed by atoms with van der Waals surface area (Å²) in [6, 6.07) is 36.6. The number of nitrogens with zero attached hydrogens (tertiary/aromatic N) is 4. The van der Waals surface area contributed by atoms with Crippen molar-refractivity contribution in [1.82, 2.24) is 19.9 Å². The van der Waals surface area contributed by atoms with E-state index in [1.165, 1.54) is 35.1 Å². The van der Waals surface area contributed by atoms with E-state index in [0.717, 1.165) is 63.6 Å². The third-order valence-corrected chi connectivity index (χ3v) is 11.8. The van der Waals surface area contributed by atoms with Crippen LogP contribution in [0.2, 0.25) is 0 Å². The second-order valence-corrected chi connectivity index (χ2v) is 16.4. The smallest absolute Gasteiger partial charge is 0.164 e. The van der Waals surface area contributed by atoms with Crippen LogP contribution in [0.1, 0.15) is 77.1 Å². The maximum atomic E-state index is 5.25. The van der Waals surface area contributed by atoms with Crippen LogP contribution in [0.25, 0.3) is 61.5 Å². The Hall–Kier alpha value is -5.74. The van der Waals surface area contributed by atoms with Gasteiger partial charge in [-0.25, -0.2) is 15.0 Å². The lowest BCUT2D eigenvalue weighted by molar-refractivity contribution is 0.256. The van der Waals surface area contributed by atoms with Crippen molar-refractivity contribution in [2.45, 2.75) is 65.7 Å². The summed E-state index contributed by atoms with van der Waals surface area (Å²) in [6.45, 7) is 9.67. The molecule has 1 atom stereocenters. The average Bonchev–Trinajstić information content (AvgIpc) is 3.22. The molecule has 54 heavy (non-hydrogen) atoms. The number of pyridine rings is 1. The number of hydrogen-bond acceptors (Lipinski definition) is 4. The van der Waals surface area contributed by atoms with E-state index in [-0.39, 0.29) is 16.7 Å². The summed E-state index contributed by atoms with van der Waals surface area (Å²) in [5.74, 6) is 2.30. The molecular weight excluding hydrogens is 657 g/mol. The van der Waals surface area contributed by atoms with Crippen LogP contribution in [0.5, 0.6) is 0 Å². The van der Waals surface area contributed by atoms with E-state index in [2.05, 4.69) is 155 Å². The number of para-hydroxylation sites is 1. The van der Waals surface area contributed by atoms with E-state index in [1.807, 2.05) is 12.3 Å². The molecule has 2 aromatic heterocycles. The Balaban J connectivity index is 1.22. The Morgan fingerprint density at radius 3 is 2.02 bits per heavy atom. The second kappa shape index (κ2) is 13.6. The van der Waals surface area contributed by atoms with Crippen molar-refractivity contribution in [2.24, 2.45) is 10.8 Å². The SMILES string of the molecule is CC1(C)CCC(C)(C)C2=CC(c3cc(-c4nc(C5=CCCC=C5)nc(-c5ccc(-c6ccccc6)cc5)n4)cc(-c4ccnc5ccccc45)c3)CC=C21. The lowest BCUT2D eigenvalue weighted by atomic mass is 9.58. The van der Waals surface area contributed by atoms with E-state index in [4.69, 9.17) is 19.9 Å². The van der Waals surface area contributed by atoms with Crippen LogP contribution < -0.4 is 0 Å². The van der Waals surface area contributed by atoms with E-state index in [0.29, 0.717) is 17.5 Å². The largest absolute Gasteiger partial charge is 0.256 e. The van der Waals surface area contributed by atoms with Crippen molar-refractivity contribution in [3.63, 3.8) is 0 Å². The first-order valence-corrected chi connectivity index (χ1v) is 19.4. The van der Waals surface area contributed by atoms with Crippen LogP contribution in [-0.4, -0.2) is 19.9 Å². The Morgan fingerprint density at radius 2 is 1.24 bits per heavy atom. The van der Waals surface area contributed by atoms with Gasteiger partial charge in [0.05, 0.1) is 5.52 Å². The molecule has 6 aromatic rings. The van der Waals surface area contributed by atoms with Gasteiger partial charge in [-0.1, -0.05) is 137 Å². The summed E-state index contributed by atoms with van der Waals surface area (Å²) in [6.07, 6.45) is 19.0. The maximum Gasteiger partial charge on any atom is 0.164 e. The average molecular weight is 703 g/mol. The Kier molecular flexibility index (Phi) is 8.57. The van der Waals surface area contributed by atoms with Crippen molar-refractivity contribution in [2.75, 3.05) is 0 Å². The van der Waals surface area contributed by atoms with Gasteiger partial charge < -0.3 is 0 Å². The zero-order chi connectivity index (χ0) is 36.9. The number of hydrogen-bond donors (Lipinski definition) is 0. The highest BCUT2D eigenvalue weighted by Gasteiger charge is 2.41. The molecule has 1 fully saturated rings. The zero-order valence-electron chi connectivity index (χ0n) is 31.7. The summed E-state index contributed by atoms with van der Waals surface area (Å²) in [4.78, 5) is 20.3. The summed E-state index contributed by atoms with van der Waals surface area (Å²) < 4.78 is 0. The van der Waals surface area contributed by atoms with E-state index in [1.54, 1.807) is 0 Å². The van der Waals surface area contributed by atoms with Gasteiger partial charge >= 0.3 is 0 Å². The molecule has 4 nitrogen and oxygen atoms in total. The van der Waals surface area contributed by atoms with Crippen molar-refractivity contribution in [3.8, 4) is 45.0 Å². The van der Waals surface area contributed by atoms with Crippen LogP contribution in [0, 0.1) is 10.8 Å². The van der Waals surface area contributed by atoms with Gasteiger partial charge in [0.2, 0.25) is 0 Å². The molecule has 9 rings (SSSR count). The fourth-order valence-electron chi connectivity index (χ4n) is 8.55. The summed E-state index contributed by atoms with van der Waals surface area (Å²) in [7, 11) is 0. The van der Waals surface area contributed by atoms with Gasteiger partial charge in [0.1, 0.15) is 0 Å². The highest BCUT2D eigenvalue weighted by atomic mass is 15.0. The molecule has 1 unspecified atom stereocenters. The molecule has 266 valence electrons. The first-order valence-electron chi connectivity index (χ1n) is 19.4. The third kappa shape index (κ3) is 6.44. The molecule has 0 aliphatic heterocycles. The summed E-state index contributed by atoms with van der Waals surface area (Å²) in [5, 5.41) is 1.13. The molecule has 0 amide bonds. The zero-order valence-corrected chi connectivity index (χ0v) is 31.7. The molecule has 3 aliphatic rings. The monoisotopic (exact) mass is 702 g/mol. The predicted molar refractivity (Wildman–Crippen MR) is 224 cm³/mol. The van der Waals surface area contributed by atoms with Gasteiger partial charge in [0.25, 0.3) is 0 Å². The molecule has 0 saturated heterocycles. The molecule has 0 radical (unpaired) electrons. The molecule has 2 heterocycles. The molecule has 0 bridgehead atoms. The van der Waals surface area contributed by atoms with Crippen molar-refractivity contribution < 1.29 is 0 Å². The van der Waals surface area contributed by atoms with Crippen molar-refractivity contribution >= 4 is 16.5 Å². The number of fused-ring (bicyclic) bond motifs is 2. The first kappa shape index (κ1) is 34.1. The van der Waals surface area contributed by atoms with Crippen LogP contribution in [0.15, 0.2) is 151 Å². The minimum atomic E-state index is 0.136. The first-order chi connectivity index (χ1) is 26.2. The number of allylic oxidation sites excluding steroid dienone is 8. The number of rotatable bonds is 6. The highest BCUT2D eigenvalue weighted by Crippen LogP contribution is 2.55. The van der Waals surface area contributed by atoms with Gasteiger partial charge in [0.15, 0.2) is 17.5 Å². The summed E-state index contributed by atoms with van der Waals surface area (Å²) >= 11 is 0. The topological polar surface area (TPSA) is 51.6 Å². The fourth-order valence-corrected chi connectivity index (χ4v) is 8.55. The van der Waals surface area contributed by atoms with E-state index in [9.17, 15) is 0 Å². The van der Waals surface area contributed by atoms with Crippen LogP contribution in [0.4, 0.5) is 0 Å². The lowest BCUT2D eigenvalue weighted by Gasteiger charge is -2.46. The Bertz CT molecular complexity index is 2510. The van der Waals surface area contributed by atoms with Gasteiger partial charge in [-0.05, 0) is 106 Å². The Labute approximate surface area is 319 Å². The number of aromatic nitrogens is 4. The normalized spacial score (nSPS) is 18.7. The molecule has 0 spiro atoms. The van der Waals surface area contributed by atoms with Crippen molar-refractivity contribution in [1.29, 1.82) is 0 Å². The molecule has 1 saturated carbocycles. The quantitative estimate of drug-likeness (QED) is 0.173. The van der Waals surface area contributed by atoms with E-state index < -0.39 is 0 Å². The minimum Gasteiger partial charge on any atom is -0.256 e. The molecule has 4 aromatic carbocycles. The van der Waals surface area contributed by atoms with Gasteiger partial charge in [-0.2, -0.15) is 0 Å². The van der Waals surface area contributed by atoms with Gasteiger partial charge in [-0.15, -0.1) is 0 Å². The molecular formula is C50H46N4. The van der Waals surface area contributed by atoms with Gasteiger partial charge in [0, 0.05) is 34.2 Å². The number of benzene rings is 4. The van der Waals surface area contributed by atoms with Crippen molar-refractivity contribution in [3.05, 3.63) is 162 Å². The van der Waals surface area contributed by atoms with Crippen LogP contribution in [-0.2, 0) is 0 Å². The maximum absolute atomic E-state index is 5.25. The highest BCUT2D eigenvalue weighted by molar-refractivity contribution is 5.95. The van der Waals surface area contributed by atoms with Crippen LogP contribution >= 0.6 is 0 Å². The summed E-state index contributed by atoms with van der Waals surface area (Å²) in [5.41, 5.74) is 13.3.